The monoisotopic (exact) mass is 482 g/mol. The molecule has 0 atom stereocenters. The summed E-state index contributed by atoms with van der Waals surface area (Å²) in [6.07, 6.45) is 0. The fourth-order valence-corrected chi connectivity index (χ4v) is 5.42. The van der Waals surface area contributed by atoms with Crippen LogP contribution >= 0.6 is 11.3 Å². The quantitative estimate of drug-likeness (QED) is 0.349. The third-order valence-electron chi connectivity index (χ3n) is 4.80. The Morgan fingerprint density at radius 2 is 1.82 bits per heavy atom. The number of esters is 1. The molecular weight excluding hydrogens is 460 g/mol. The minimum absolute atomic E-state index is 0.00539. The molecular formula is C24H22N2O5S2. The average molecular weight is 483 g/mol. The highest BCUT2D eigenvalue weighted by molar-refractivity contribution is 7.92. The molecule has 0 bridgehead atoms. The molecule has 4 aromatic rings. The van der Waals surface area contributed by atoms with E-state index < -0.39 is 16.0 Å². The number of sulfonamides is 1. The zero-order chi connectivity index (χ0) is 23.4. The van der Waals surface area contributed by atoms with Gasteiger partial charge in [-0.3, -0.25) is 4.72 Å². The molecule has 7 nitrogen and oxygen atoms in total. The highest BCUT2D eigenvalue weighted by Crippen LogP contribution is 2.24. The summed E-state index contributed by atoms with van der Waals surface area (Å²) in [6.45, 7) is 4.07. The molecule has 0 radical (unpaired) electrons. The van der Waals surface area contributed by atoms with Crippen molar-refractivity contribution in [1.29, 1.82) is 0 Å². The number of fused-ring (bicyclic) bond motifs is 1. The van der Waals surface area contributed by atoms with Gasteiger partial charge in [0.05, 0.1) is 27.3 Å². The average Bonchev–Trinajstić information content (AvgIpc) is 3.22. The van der Waals surface area contributed by atoms with E-state index in [-0.39, 0.29) is 17.1 Å². The molecule has 33 heavy (non-hydrogen) atoms. The number of nitrogens with zero attached hydrogens (tertiary/aromatic N) is 1. The molecule has 0 fully saturated rings. The number of carbonyl (C=O) groups excluding carboxylic acids is 1. The van der Waals surface area contributed by atoms with E-state index in [0.29, 0.717) is 28.6 Å². The van der Waals surface area contributed by atoms with Gasteiger partial charge in [-0.25, -0.2) is 18.2 Å². The lowest BCUT2D eigenvalue weighted by Crippen LogP contribution is -2.15. The number of anilines is 1. The van der Waals surface area contributed by atoms with Crippen molar-refractivity contribution in [1.82, 2.24) is 4.98 Å². The Kier molecular flexibility index (Phi) is 6.62. The van der Waals surface area contributed by atoms with Crippen LogP contribution in [0.3, 0.4) is 0 Å². The Bertz CT molecular complexity index is 1360. The second-order valence-corrected chi connectivity index (χ2v) is 9.96. The first-order valence-corrected chi connectivity index (χ1v) is 12.5. The maximum Gasteiger partial charge on any atom is 0.338 e. The van der Waals surface area contributed by atoms with Crippen molar-refractivity contribution in [2.24, 2.45) is 0 Å². The van der Waals surface area contributed by atoms with Crippen molar-refractivity contribution in [2.75, 3.05) is 11.3 Å². The third-order valence-corrected chi connectivity index (χ3v) is 7.33. The summed E-state index contributed by atoms with van der Waals surface area (Å²) in [6, 6.07) is 18.7. The first-order chi connectivity index (χ1) is 15.9. The number of ether oxygens (including phenoxy) is 2. The summed E-state index contributed by atoms with van der Waals surface area (Å²) in [7, 11) is -3.92. The predicted molar refractivity (Wildman–Crippen MR) is 128 cm³/mol. The molecule has 0 aliphatic carbocycles. The van der Waals surface area contributed by atoms with Crippen LogP contribution in [0.25, 0.3) is 10.2 Å². The molecule has 1 heterocycles. The molecule has 1 N–H and O–H groups in total. The molecule has 0 saturated heterocycles. The second-order valence-electron chi connectivity index (χ2n) is 7.19. The maximum absolute atomic E-state index is 13.0. The van der Waals surface area contributed by atoms with Crippen LogP contribution in [0.2, 0.25) is 0 Å². The van der Waals surface area contributed by atoms with E-state index in [4.69, 9.17) is 9.47 Å². The molecule has 0 amide bonds. The normalized spacial score (nSPS) is 11.3. The van der Waals surface area contributed by atoms with Gasteiger partial charge < -0.3 is 9.47 Å². The Morgan fingerprint density at radius 1 is 1.06 bits per heavy atom. The number of carbonyl (C=O) groups is 1. The molecule has 4 rings (SSSR count). The highest BCUT2D eigenvalue weighted by atomic mass is 32.2. The lowest BCUT2D eigenvalue weighted by atomic mass is 10.1. The van der Waals surface area contributed by atoms with Crippen LogP contribution in [0.4, 0.5) is 5.69 Å². The first-order valence-electron chi connectivity index (χ1n) is 10.2. The molecule has 3 aromatic carbocycles. The van der Waals surface area contributed by atoms with Crippen molar-refractivity contribution < 1.29 is 22.7 Å². The zero-order valence-corrected chi connectivity index (χ0v) is 19.7. The number of benzene rings is 3. The summed E-state index contributed by atoms with van der Waals surface area (Å²) < 4.78 is 40.3. The number of hydrogen-bond donors (Lipinski definition) is 1. The molecule has 170 valence electrons. The van der Waals surface area contributed by atoms with Gasteiger partial charge in [-0.1, -0.05) is 18.2 Å². The Balaban J connectivity index is 1.49. The Labute approximate surface area is 196 Å². The topological polar surface area (TPSA) is 94.6 Å². The van der Waals surface area contributed by atoms with Gasteiger partial charge in [-0.05, 0) is 67.9 Å². The molecule has 0 saturated carbocycles. The number of aryl methyl sites for hydroxylation is 1. The standard InChI is InChI=1S/C24H22N2O5S2/c1-3-30-19-12-10-18(11-13-19)26-33(28,29)22-14-17(9-8-16(22)2)24(27)31-15-23-25-20-6-4-5-7-21(20)32-23/h4-14,26H,3,15H2,1-2H3. The van der Waals surface area contributed by atoms with Crippen molar-refractivity contribution in [3.05, 3.63) is 82.9 Å². The van der Waals surface area contributed by atoms with Crippen LogP contribution < -0.4 is 9.46 Å². The summed E-state index contributed by atoms with van der Waals surface area (Å²) in [5.74, 6) is 0.0290. The zero-order valence-electron chi connectivity index (χ0n) is 18.1. The number of nitrogens with one attached hydrogen (secondary N) is 1. The van der Waals surface area contributed by atoms with Crippen LogP contribution in [0, 0.1) is 6.92 Å². The van der Waals surface area contributed by atoms with Gasteiger partial charge in [0.15, 0.2) is 0 Å². The van der Waals surface area contributed by atoms with Crippen LogP contribution in [-0.4, -0.2) is 26.0 Å². The van der Waals surface area contributed by atoms with Crippen LogP contribution in [0.15, 0.2) is 71.6 Å². The van der Waals surface area contributed by atoms with Crippen molar-refractivity contribution in [2.45, 2.75) is 25.3 Å². The Morgan fingerprint density at radius 3 is 2.55 bits per heavy atom. The first kappa shape index (κ1) is 22.8. The van der Waals surface area contributed by atoms with Gasteiger partial charge in [-0.15, -0.1) is 11.3 Å². The fourth-order valence-electron chi connectivity index (χ4n) is 3.20. The number of aromatic nitrogens is 1. The summed E-state index contributed by atoms with van der Waals surface area (Å²) in [4.78, 5) is 17.1. The molecule has 0 aliphatic rings. The molecule has 9 heteroatoms. The molecule has 0 spiro atoms. The number of para-hydroxylation sites is 1. The van der Waals surface area contributed by atoms with Gasteiger partial charge in [-0.2, -0.15) is 0 Å². The molecule has 1 aromatic heterocycles. The largest absolute Gasteiger partial charge is 0.494 e. The summed E-state index contributed by atoms with van der Waals surface area (Å²) in [5, 5.41) is 0.668. The van der Waals surface area contributed by atoms with E-state index in [1.54, 1.807) is 43.3 Å². The van der Waals surface area contributed by atoms with E-state index in [9.17, 15) is 13.2 Å². The highest BCUT2D eigenvalue weighted by Gasteiger charge is 2.20. The Hall–Kier alpha value is -3.43. The predicted octanol–water partition coefficient (Wildman–Crippen LogP) is 5.16. The van der Waals surface area contributed by atoms with Crippen molar-refractivity contribution in [3.8, 4) is 5.75 Å². The third kappa shape index (κ3) is 5.32. The number of thiazole rings is 1. The van der Waals surface area contributed by atoms with Gasteiger partial charge >= 0.3 is 5.97 Å². The van der Waals surface area contributed by atoms with Crippen LogP contribution in [-0.2, 0) is 21.4 Å². The second kappa shape index (κ2) is 9.60. The molecule has 0 aliphatic heterocycles. The minimum atomic E-state index is -3.92. The summed E-state index contributed by atoms with van der Waals surface area (Å²) in [5.41, 5.74) is 1.89. The van der Waals surface area contributed by atoms with Crippen LogP contribution in [0.5, 0.6) is 5.75 Å². The van der Waals surface area contributed by atoms with E-state index >= 15 is 0 Å². The summed E-state index contributed by atoms with van der Waals surface area (Å²) >= 11 is 1.45. The van der Waals surface area contributed by atoms with E-state index in [0.717, 1.165) is 10.2 Å². The lowest BCUT2D eigenvalue weighted by Gasteiger charge is -2.12. The van der Waals surface area contributed by atoms with E-state index in [1.807, 2.05) is 31.2 Å². The maximum atomic E-state index is 13.0. The van der Waals surface area contributed by atoms with Gasteiger partial charge in [0.25, 0.3) is 10.0 Å². The fraction of sp³-hybridized carbons (Fsp3) is 0.167. The van der Waals surface area contributed by atoms with E-state index in [1.165, 1.54) is 17.4 Å². The van der Waals surface area contributed by atoms with Crippen molar-refractivity contribution in [3.63, 3.8) is 0 Å². The smallest absolute Gasteiger partial charge is 0.338 e. The van der Waals surface area contributed by atoms with Crippen molar-refractivity contribution >= 4 is 43.2 Å². The lowest BCUT2D eigenvalue weighted by molar-refractivity contribution is 0.0472. The van der Waals surface area contributed by atoms with Crippen LogP contribution in [0.1, 0.15) is 27.9 Å². The minimum Gasteiger partial charge on any atom is -0.494 e. The van der Waals surface area contributed by atoms with Gasteiger partial charge in [0, 0.05) is 5.69 Å². The number of hydrogen-bond acceptors (Lipinski definition) is 7. The SMILES string of the molecule is CCOc1ccc(NS(=O)(=O)c2cc(C(=O)OCc3nc4ccccc4s3)ccc2C)cc1. The van der Waals surface area contributed by atoms with Gasteiger partial charge in [0.2, 0.25) is 0 Å². The number of rotatable bonds is 8. The molecule has 0 unspecified atom stereocenters. The van der Waals surface area contributed by atoms with Gasteiger partial charge in [0.1, 0.15) is 17.4 Å². The van der Waals surface area contributed by atoms with E-state index in [2.05, 4.69) is 9.71 Å².